The molecular weight excluding hydrogens is 230 g/mol. The van der Waals surface area contributed by atoms with Crippen molar-refractivity contribution in [2.75, 3.05) is 0 Å². The molecule has 0 rings (SSSR count). The first kappa shape index (κ1) is 16.7. The first-order chi connectivity index (χ1) is 8.56. The van der Waals surface area contributed by atoms with Crippen LogP contribution in [0, 0.1) is 5.92 Å². The maximum Gasteiger partial charge on any atom is 0.231 e. The van der Waals surface area contributed by atoms with Gasteiger partial charge >= 0.3 is 0 Å². The average molecular weight is 257 g/mol. The van der Waals surface area contributed by atoms with E-state index < -0.39 is 5.92 Å². The highest BCUT2D eigenvalue weighted by molar-refractivity contribution is 6.02. The van der Waals surface area contributed by atoms with Crippen LogP contribution in [0.2, 0.25) is 0 Å². The van der Waals surface area contributed by atoms with Crippen molar-refractivity contribution >= 4 is 11.7 Å². The summed E-state index contributed by atoms with van der Waals surface area (Å²) in [6.07, 6.45) is 6.27. The molecule has 106 valence electrons. The van der Waals surface area contributed by atoms with Gasteiger partial charge < -0.3 is 16.3 Å². The molecule has 0 fully saturated rings. The van der Waals surface area contributed by atoms with E-state index in [1.807, 2.05) is 13.8 Å². The van der Waals surface area contributed by atoms with Crippen molar-refractivity contribution in [3.63, 3.8) is 0 Å². The second-order valence-electron chi connectivity index (χ2n) is 4.74. The van der Waals surface area contributed by atoms with Crippen LogP contribution in [0.3, 0.4) is 0 Å². The van der Waals surface area contributed by atoms with Gasteiger partial charge in [0.25, 0.3) is 0 Å². The third-order valence-electron chi connectivity index (χ3n) is 3.08. The number of hydrogen-bond donors (Lipinski definition) is 3. The quantitative estimate of drug-likeness (QED) is 0.194. The summed E-state index contributed by atoms with van der Waals surface area (Å²) in [5, 5.41) is 14.4. The van der Waals surface area contributed by atoms with Gasteiger partial charge in [0.15, 0.2) is 5.84 Å². The summed E-state index contributed by atoms with van der Waals surface area (Å²) in [5.41, 5.74) is 5.48. The zero-order chi connectivity index (χ0) is 14.0. The number of nitrogens with one attached hydrogen (secondary N) is 1. The third-order valence-corrected chi connectivity index (χ3v) is 3.08. The Kier molecular flexibility index (Phi) is 9.06. The highest BCUT2D eigenvalue weighted by Crippen LogP contribution is 2.08. The van der Waals surface area contributed by atoms with E-state index in [9.17, 15) is 4.79 Å². The minimum Gasteiger partial charge on any atom is -0.409 e. The van der Waals surface area contributed by atoms with E-state index >= 15 is 0 Å². The lowest BCUT2D eigenvalue weighted by Crippen LogP contribution is -2.42. The SMILES string of the molecule is CCCCCCC(C)NC(=O)C(CC)C(N)=NO. The molecule has 0 aromatic carbocycles. The van der Waals surface area contributed by atoms with Gasteiger partial charge in [-0.2, -0.15) is 0 Å². The van der Waals surface area contributed by atoms with Gasteiger partial charge in [-0.25, -0.2) is 0 Å². The minimum absolute atomic E-state index is 0.0202. The molecule has 4 N–H and O–H groups in total. The van der Waals surface area contributed by atoms with Crippen LogP contribution in [0.15, 0.2) is 5.16 Å². The van der Waals surface area contributed by atoms with Crippen molar-refractivity contribution in [2.24, 2.45) is 16.8 Å². The number of carbonyl (C=O) groups is 1. The molecule has 0 aliphatic heterocycles. The molecule has 0 aromatic heterocycles. The Hall–Kier alpha value is -1.26. The Morgan fingerprint density at radius 2 is 2.00 bits per heavy atom. The van der Waals surface area contributed by atoms with E-state index in [0.29, 0.717) is 6.42 Å². The zero-order valence-corrected chi connectivity index (χ0v) is 11.8. The smallest absolute Gasteiger partial charge is 0.231 e. The Bertz CT molecular complexity index is 267. The number of amides is 1. The predicted molar refractivity (Wildman–Crippen MR) is 73.6 cm³/mol. The van der Waals surface area contributed by atoms with E-state index in [-0.39, 0.29) is 17.8 Å². The van der Waals surface area contributed by atoms with Crippen molar-refractivity contribution < 1.29 is 10.0 Å². The molecule has 0 saturated carbocycles. The third kappa shape index (κ3) is 6.47. The summed E-state index contributed by atoms with van der Waals surface area (Å²) < 4.78 is 0. The van der Waals surface area contributed by atoms with Crippen LogP contribution < -0.4 is 11.1 Å². The Morgan fingerprint density at radius 1 is 1.33 bits per heavy atom. The Labute approximate surface area is 110 Å². The first-order valence-electron chi connectivity index (χ1n) is 6.84. The average Bonchev–Trinajstić information content (AvgIpc) is 2.35. The fraction of sp³-hybridized carbons (Fsp3) is 0.846. The van der Waals surface area contributed by atoms with Gasteiger partial charge in [0.1, 0.15) is 0 Å². The van der Waals surface area contributed by atoms with Gasteiger partial charge in [0.05, 0.1) is 5.92 Å². The van der Waals surface area contributed by atoms with Crippen LogP contribution in [0.5, 0.6) is 0 Å². The van der Waals surface area contributed by atoms with Crippen LogP contribution in [-0.2, 0) is 4.79 Å². The van der Waals surface area contributed by atoms with Gasteiger partial charge in [-0.05, 0) is 19.8 Å². The van der Waals surface area contributed by atoms with E-state index in [0.717, 1.165) is 12.8 Å². The molecule has 0 bridgehead atoms. The molecule has 5 nitrogen and oxygen atoms in total. The van der Waals surface area contributed by atoms with Crippen LogP contribution in [0.25, 0.3) is 0 Å². The number of amidine groups is 1. The second kappa shape index (κ2) is 9.74. The molecule has 18 heavy (non-hydrogen) atoms. The number of nitrogens with zero attached hydrogens (tertiary/aromatic N) is 1. The second-order valence-corrected chi connectivity index (χ2v) is 4.74. The molecule has 0 aliphatic carbocycles. The normalized spacial score (nSPS) is 15.2. The number of rotatable bonds is 9. The van der Waals surface area contributed by atoms with Crippen molar-refractivity contribution in [2.45, 2.75) is 65.3 Å². The first-order valence-corrected chi connectivity index (χ1v) is 6.84. The number of unbranched alkanes of at least 4 members (excludes halogenated alkanes) is 3. The summed E-state index contributed by atoms with van der Waals surface area (Å²) in [7, 11) is 0. The standard InChI is InChI=1S/C13H27N3O2/c1-4-6-7-8-9-10(3)15-13(17)11(5-2)12(14)16-18/h10-11,18H,4-9H2,1-3H3,(H2,14,16)(H,15,17). The molecule has 1 amide bonds. The molecule has 0 aliphatic rings. The van der Waals surface area contributed by atoms with Crippen molar-refractivity contribution in [1.29, 1.82) is 0 Å². The van der Waals surface area contributed by atoms with Crippen LogP contribution in [0.4, 0.5) is 0 Å². The number of nitrogens with two attached hydrogens (primary N) is 1. The predicted octanol–water partition coefficient (Wildman–Crippen LogP) is 2.23. The summed E-state index contributed by atoms with van der Waals surface area (Å²) in [6.45, 7) is 6.01. The maximum absolute atomic E-state index is 11.9. The molecule has 0 radical (unpaired) electrons. The van der Waals surface area contributed by atoms with E-state index in [1.54, 1.807) is 0 Å². The lowest BCUT2D eigenvalue weighted by molar-refractivity contribution is -0.123. The lowest BCUT2D eigenvalue weighted by atomic mass is 10.0. The van der Waals surface area contributed by atoms with Gasteiger partial charge in [0, 0.05) is 6.04 Å². The van der Waals surface area contributed by atoms with Crippen LogP contribution in [0.1, 0.15) is 59.3 Å². The summed E-state index contributed by atoms with van der Waals surface area (Å²) in [6, 6.07) is 0.134. The van der Waals surface area contributed by atoms with Crippen molar-refractivity contribution in [3.8, 4) is 0 Å². The molecule has 0 aromatic rings. The molecular formula is C13H27N3O2. The molecule has 0 spiro atoms. The highest BCUT2D eigenvalue weighted by atomic mass is 16.4. The topological polar surface area (TPSA) is 87.7 Å². The van der Waals surface area contributed by atoms with Gasteiger partial charge in [-0.1, -0.05) is 44.7 Å². The largest absolute Gasteiger partial charge is 0.409 e. The van der Waals surface area contributed by atoms with Crippen LogP contribution >= 0.6 is 0 Å². The van der Waals surface area contributed by atoms with Crippen LogP contribution in [-0.4, -0.2) is 23.0 Å². The number of carbonyl (C=O) groups excluding carboxylic acids is 1. The fourth-order valence-electron chi connectivity index (χ4n) is 1.89. The van der Waals surface area contributed by atoms with Crippen molar-refractivity contribution in [3.05, 3.63) is 0 Å². The van der Waals surface area contributed by atoms with Gasteiger partial charge in [-0.3, -0.25) is 4.79 Å². The number of oxime groups is 1. The van der Waals surface area contributed by atoms with Gasteiger partial charge in [-0.15, -0.1) is 0 Å². The Morgan fingerprint density at radius 3 is 2.50 bits per heavy atom. The summed E-state index contributed by atoms with van der Waals surface area (Å²) in [5.74, 6) is -0.711. The molecule has 0 saturated heterocycles. The highest BCUT2D eigenvalue weighted by Gasteiger charge is 2.22. The Balaban J connectivity index is 4.05. The van der Waals surface area contributed by atoms with E-state index in [1.165, 1.54) is 19.3 Å². The van der Waals surface area contributed by atoms with E-state index in [4.69, 9.17) is 10.9 Å². The van der Waals surface area contributed by atoms with Gasteiger partial charge in [0.2, 0.25) is 5.91 Å². The molecule has 0 heterocycles. The lowest BCUT2D eigenvalue weighted by Gasteiger charge is -2.18. The molecule has 2 unspecified atom stereocenters. The molecule has 5 heteroatoms. The summed E-state index contributed by atoms with van der Waals surface area (Å²) in [4.78, 5) is 11.9. The van der Waals surface area contributed by atoms with E-state index in [2.05, 4.69) is 17.4 Å². The number of hydrogen-bond acceptors (Lipinski definition) is 3. The minimum atomic E-state index is -0.534. The monoisotopic (exact) mass is 257 g/mol. The zero-order valence-electron chi connectivity index (χ0n) is 11.8. The maximum atomic E-state index is 11.9. The summed E-state index contributed by atoms with van der Waals surface area (Å²) >= 11 is 0. The fourth-order valence-corrected chi connectivity index (χ4v) is 1.89. The molecule has 2 atom stereocenters. The van der Waals surface area contributed by atoms with Crippen molar-refractivity contribution in [1.82, 2.24) is 5.32 Å².